The first kappa shape index (κ1) is 20.4. The quantitative estimate of drug-likeness (QED) is 0.480. The van der Waals surface area contributed by atoms with Gasteiger partial charge < -0.3 is 19.0 Å². The van der Waals surface area contributed by atoms with E-state index in [-0.39, 0.29) is 11.8 Å². The lowest BCUT2D eigenvalue weighted by Gasteiger charge is -2.31. The molecule has 1 saturated heterocycles. The lowest BCUT2D eigenvalue weighted by atomic mass is 9.97. The van der Waals surface area contributed by atoms with Crippen LogP contribution in [0.25, 0.3) is 10.9 Å². The third kappa shape index (κ3) is 3.88. The summed E-state index contributed by atoms with van der Waals surface area (Å²) in [5.41, 5.74) is 3.86. The van der Waals surface area contributed by atoms with Crippen LogP contribution in [-0.2, 0) is 6.42 Å². The fraction of sp³-hybridized carbons (Fsp3) is 0.308. The Balaban J connectivity index is 1.30. The van der Waals surface area contributed by atoms with Crippen molar-refractivity contribution in [2.24, 2.45) is 0 Å². The number of rotatable bonds is 5. The van der Waals surface area contributed by atoms with Gasteiger partial charge in [0.1, 0.15) is 17.2 Å². The number of ether oxygens (including phenoxy) is 1. The van der Waals surface area contributed by atoms with E-state index in [1.807, 2.05) is 47.4 Å². The number of hydrogen-bond donors (Lipinski definition) is 1. The normalized spacial score (nSPS) is 16.4. The number of para-hydroxylation sites is 1. The Morgan fingerprint density at radius 3 is 2.97 bits per heavy atom. The SMILES string of the molecule is COc1ccccc1Cc1cnc(C2CCCN(C(=O)c3cc4c(C)cccc4[nH]3)C2)o1. The lowest BCUT2D eigenvalue weighted by molar-refractivity contribution is 0.0693. The van der Waals surface area contributed by atoms with Crippen molar-refractivity contribution < 1.29 is 13.9 Å². The number of methoxy groups -OCH3 is 1. The fourth-order valence-electron chi connectivity index (χ4n) is 4.59. The van der Waals surface area contributed by atoms with E-state index in [4.69, 9.17) is 9.15 Å². The van der Waals surface area contributed by atoms with Crippen LogP contribution in [0.2, 0.25) is 0 Å². The Morgan fingerprint density at radius 2 is 2.12 bits per heavy atom. The average molecular weight is 430 g/mol. The highest BCUT2D eigenvalue weighted by atomic mass is 16.5. The molecule has 1 unspecified atom stereocenters. The maximum Gasteiger partial charge on any atom is 0.270 e. The second-order valence-corrected chi connectivity index (χ2v) is 8.46. The van der Waals surface area contributed by atoms with Crippen LogP contribution >= 0.6 is 0 Å². The molecule has 6 heteroatoms. The maximum atomic E-state index is 13.2. The number of carbonyl (C=O) groups excluding carboxylic acids is 1. The van der Waals surface area contributed by atoms with Gasteiger partial charge in [0.05, 0.1) is 19.2 Å². The zero-order valence-electron chi connectivity index (χ0n) is 18.4. The van der Waals surface area contributed by atoms with Gasteiger partial charge in [0.2, 0.25) is 0 Å². The number of amides is 1. The third-order valence-electron chi connectivity index (χ3n) is 6.30. The molecule has 0 aliphatic carbocycles. The Kier molecular flexibility index (Phi) is 5.43. The summed E-state index contributed by atoms with van der Waals surface area (Å²) in [7, 11) is 1.67. The van der Waals surface area contributed by atoms with E-state index in [0.29, 0.717) is 24.6 Å². The van der Waals surface area contributed by atoms with E-state index in [9.17, 15) is 4.79 Å². The van der Waals surface area contributed by atoms with Gasteiger partial charge >= 0.3 is 0 Å². The predicted molar refractivity (Wildman–Crippen MR) is 123 cm³/mol. The van der Waals surface area contributed by atoms with E-state index in [1.165, 1.54) is 0 Å². The first-order valence-electron chi connectivity index (χ1n) is 11.1. The molecule has 1 N–H and O–H groups in total. The summed E-state index contributed by atoms with van der Waals surface area (Å²) in [4.78, 5) is 23.0. The predicted octanol–water partition coefficient (Wildman–Crippen LogP) is 5.08. The number of oxazole rings is 1. The number of carbonyl (C=O) groups is 1. The first-order valence-corrected chi connectivity index (χ1v) is 11.1. The van der Waals surface area contributed by atoms with Crippen molar-refractivity contribution in [3.63, 3.8) is 0 Å². The van der Waals surface area contributed by atoms with Gasteiger partial charge in [-0.25, -0.2) is 4.98 Å². The number of hydrogen-bond acceptors (Lipinski definition) is 4. The zero-order valence-corrected chi connectivity index (χ0v) is 18.4. The molecule has 164 valence electrons. The van der Waals surface area contributed by atoms with Crippen LogP contribution < -0.4 is 4.74 Å². The molecular weight excluding hydrogens is 402 g/mol. The summed E-state index contributed by atoms with van der Waals surface area (Å²) in [6.45, 7) is 3.42. The molecule has 0 saturated carbocycles. The van der Waals surface area contributed by atoms with Crippen LogP contribution in [0, 0.1) is 6.92 Å². The molecule has 1 fully saturated rings. The number of aryl methyl sites for hydroxylation is 1. The highest BCUT2D eigenvalue weighted by Crippen LogP contribution is 2.29. The average Bonchev–Trinajstić information content (AvgIpc) is 3.47. The Bertz CT molecular complexity index is 1260. The summed E-state index contributed by atoms with van der Waals surface area (Å²) >= 11 is 0. The standard InChI is InChI=1S/C26H27N3O3/c1-17-7-5-10-22-21(17)14-23(28-22)26(30)29-12-6-9-19(16-29)25-27-15-20(32-25)13-18-8-3-4-11-24(18)31-2/h3-5,7-8,10-11,14-15,19,28H,6,9,12-13,16H2,1-2H3. The topological polar surface area (TPSA) is 71.4 Å². The van der Waals surface area contributed by atoms with Gasteiger partial charge in [-0.2, -0.15) is 0 Å². The van der Waals surface area contributed by atoms with Crippen LogP contribution in [0.4, 0.5) is 0 Å². The van der Waals surface area contributed by atoms with Crippen LogP contribution in [-0.4, -0.2) is 41.0 Å². The number of likely N-dealkylation sites (tertiary alicyclic amines) is 1. The van der Waals surface area contributed by atoms with Crippen LogP contribution in [0.5, 0.6) is 5.75 Å². The van der Waals surface area contributed by atoms with Crippen molar-refractivity contribution in [2.45, 2.75) is 32.1 Å². The summed E-state index contributed by atoms with van der Waals surface area (Å²) in [6, 6.07) is 16.0. The van der Waals surface area contributed by atoms with Crippen molar-refractivity contribution in [1.82, 2.24) is 14.9 Å². The molecule has 0 radical (unpaired) electrons. The number of fused-ring (bicyclic) bond motifs is 1. The van der Waals surface area contributed by atoms with Crippen LogP contribution in [0.15, 0.2) is 59.1 Å². The molecule has 2 aromatic carbocycles. The largest absolute Gasteiger partial charge is 0.496 e. The minimum Gasteiger partial charge on any atom is -0.496 e. The fourth-order valence-corrected chi connectivity index (χ4v) is 4.59. The smallest absolute Gasteiger partial charge is 0.270 e. The van der Waals surface area contributed by atoms with Crippen molar-refractivity contribution in [1.29, 1.82) is 0 Å². The number of piperidine rings is 1. The number of benzene rings is 2. The van der Waals surface area contributed by atoms with Gasteiger partial charge in [0.15, 0.2) is 5.89 Å². The molecule has 32 heavy (non-hydrogen) atoms. The highest BCUT2D eigenvalue weighted by molar-refractivity contribution is 5.98. The Hall–Kier alpha value is -3.54. The second-order valence-electron chi connectivity index (χ2n) is 8.46. The maximum absolute atomic E-state index is 13.2. The van der Waals surface area contributed by atoms with Crippen molar-refractivity contribution in [3.05, 3.63) is 83.2 Å². The molecule has 0 bridgehead atoms. The number of nitrogens with zero attached hydrogens (tertiary/aromatic N) is 2. The summed E-state index contributed by atoms with van der Waals surface area (Å²) < 4.78 is 11.6. The van der Waals surface area contributed by atoms with E-state index in [0.717, 1.165) is 52.9 Å². The first-order chi connectivity index (χ1) is 15.6. The highest BCUT2D eigenvalue weighted by Gasteiger charge is 2.29. The Labute approximate surface area is 187 Å². The molecular formula is C26H27N3O3. The van der Waals surface area contributed by atoms with Crippen LogP contribution in [0.1, 0.15) is 52.0 Å². The minimum absolute atomic E-state index is 0.0334. The zero-order chi connectivity index (χ0) is 22.1. The molecule has 1 amide bonds. The number of aromatic amines is 1. The van der Waals surface area contributed by atoms with Gasteiger partial charge in [-0.3, -0.25) is 4.79 Å². The molecule has 1 aliphatic heterocycles. The third-order valence-corrected chi connectivity index (χ3v) is 6.30. The monoisotopic (exact) mass is 429 g/mol. The van der Waals surface area contributed by atoms with Crippen molar-refractivity contribution >= 4 is 16.8 Å². The number of H-pyrrole nitrogens is 1. The molecule has 2 aromatic heterocycles. The van der Waals surface area contributed by atoms with Gasteiger partial charge in [-0.05, 0) is 43.5 Å². The van der Waals surface area contributed by atoms with Crippen LogP contribution in [0.3, 0.4) is 0 Å². The van der Waals surface area contributed by atoms with E-state index in [2.05, 4.69) is 23.0 Å². The molecule has 3 heterocycles. The van der Waals surface area contributed by atoms with Gasteiger partial charge in [-0.1, -0.05) is 30.3 Å². The molecule has 1 aliphatic rings. The lowest BCUT2D eigenvalue weighted by Crippen LogP contribution is -2.39. The van der Waals surface area contributed by atoms with Gasteiger partial charge in [0.25, 0.3) is 5.91 Å². The minimum atomic E-state index is 0.0334. The molecule has 6 nitrogen and oxygen atoms in total. The summed E-state index contributed by atoms with van der Waals surface area (Å²) in [6.07, 6.45) is 4.31. The van der Waals surface area contributed by atoms with E-state index >= 15 is 0 Å². The molecule has 1 atom stereocenters. The number of aromatic nitrogens is 2. The second kappa shape index (κ2) is 8.54. The summed E-state index contributed by atoms with van der Waals surface area (Å²) in [5, 5.41) is 1.10. The van der Waals surface area contributed by atoms with E-state index in [1.54, 1.807) is 13.3 Å². The van der Waals surface area contributed by atoms with Gasteiger partial charge in [-0.15, -0.1) is 0 Å². The molecule has 5 rings (SSSR count). The van der Waals surface area contributed by atoms with Crippen molar-refractivity contribution in [3.8, 4) is 5.75 Å². The molecule has 4 aromatic rings. The molecule has 0 spiro atoms. The summed E-state index contributed by atoms with van der Waals surface area (Å²) in [5.74, 6) is 2.49. The number of nitrogens with one attached hydrogen (secondary N) is 1. The Morgan fingerprint density at radius 1 is 1.25 bits per heavy atom. The van der Waals surface area contributed by atoms with E-state index < -0.39 is 0 Å². The van der Waals surface area contributed by atoms with Gasteiger partial charge in [0, 0.05) is 36.0 Å². The van der Waals surface area contributed by atoms with Crippen molar-refractivity contribution in [2.75, 3.05) is 20.2 Å².